The topological polar surface area (TPSA) is 20.2 Å². The molecule has 2 unspecified atom stereocenters. The van der Waals surface area contributed by atoms with Crippen molar-refractivity contribution >= 4 is 0 Å². The highest BCUT2D eigenvalue weighted by Crippen LogP contribution is 2.30. The van der Waals surface area contributed by atoms with Crippen molar-refractivity contribution < 1.29 is 5.11 Å². The molecule has 1 rings (SSSR count). The van der Waals surface area contributed by atoms with Gasteiger partial charge in [0.25, 0.3) is 0 Å². The van der Waals surface area contributed by atoms with Crippen LogP contribution in [0, 0.1) is 5.92 Å². The fourth-order valence-electron chi connectivity index (χ4n) is 1.84. The first kappa shape index (κ1) is 9.79. The van der Waals surface area contributed by atoms with Crippen molar-refractivity contribution in [2.45, 2.75) is 51.6 Å². The molecule has 0 aliphatic heterocycles. The predicted octanol–water partition coefficient (Wildman–Crippen LogP) is 2.89. The summed E-state index contributed by atoms with van der Waals surface area (Å²) in [6.45, 7) is 4.26. The maximum Gasteiger partial charge on any atom is 0.0825 e. The third-order valence-corrected chi connectivity index (χ3v) is 2.90. The third-order valence-electron chi connectivity index (χ3n) is 2.90. The SMILES string of the molecule is CCCC1C=CC(O)(CC)CC1. The first-order chi connectivity index (χ1) is 5.70. The lowest BCUT2D eigenvalue weighted by atomic mass is 9.82. The van der Waals surface area contributed by atoms with Gasteiger partial charge < -0.3 is 5.11 Å². The molecule has 0 aromatic carbocycles. The summed E-state index contributed by atoms with van der Waals surface area (Å²) in [6.07, 6.45) is 9.70. The van der Waals surface area contributed by atoms with Gasteiger partial charge in [-0.05, 0) is 31.6 Å². The smallest absolute Gasteiger partial charge is 0.0825 e. The summed E-state index contributed by atoms with van der Waals surface area (Å²) in [6, 6.07) is 0. The van der Waals surface area contributed by atoms with Crippen LogP contribution in [0.3, 0.4) is 0 Å². The van der Waals surface area contributed by atoms with E-state index in [9.17, 15) is 5.11 Å². The summed E-state index contributed by atoms with van der Waals surface area (Å²) in [5.74, 6) is 0.724. The predicted molar refractivity (Wildman–Crippen MR) is 52.0 cm³/mol. The summed E-state index contributed by atoms with van der Waals surface area (Å²) >= 11 is 0. The molecule has 1 aliphatic carbocycles. The summed E-state index contributed by atoms with van der Waals surface area (Å²) in [5.41, 5.74) is -0.482. The van der Waals surface area contributed by atoms with Crippen LogP contribution in [0.2, 0.25) is 0 Å². The van der Waals surface area contributed by atoms with E-state index in [4.69, 9.17) is 0 Å². The molecular formula is C11H20O. The molecule has 0 saturated heterocycles. The highest BCUT2D eigenvalue weighted by Gasteiger charge is 2.25. The van der Waals surface area contributed by atoms with E-state index in [0.717, 1.165) is 25.2 Å². The zero-order chi connectivity index (χ0) is 9.03. The third kappa shape index (κ3) is 2.34. The van der Waals surface area contributed by atoms with Crippen LogP contribution in [-0.2, 0) is 0 Å². The van der Waals surface area contributed by atoms with Crippen molar-refractivity contribution in [3.8, 4) is 0 Å². The summed E-state index contributed by atoms with van der Waals surface area (Å²) in [5, 5.41) is 9.88. The van der Waals surface area contributed by atoms with Crippen LogP contribution >= 0.6 is 0 Å². The van der Waals surface area contributed by atoms with Crippen LogP contribution in [0.4, 0.5) is 0 Å². The maximum absolute atomic E-state index is 9.88. The van der Waals surface area contributed by atoms with E-state index in [-0.39, 0.29) is 0 Å². The van der Waals surface area contributed by atoms with Gasteiger partial charge in [-0.15, -0.1) is 0 Å². The maximum atomic E-state index is 9.88. The van der Waals surface area contributed by atoms with Crippen LogP contribution in [0.5, 0.6) is 0 Å². The lowest BCUT2D eigenvalue weighted by Gasteiger charge is -2.29. The number of aliphatic hydroxyl groups is 1. The van der Waals surface area contributed by atoms with E-state index < -0.39 is 5.60 Å². The van der Waals surface area contributed by atoms with Crippen LogP contribution < -0.4 is 0 Å². The molecule has 1 aliphatic rings. The minimum absolute atomic E-state index is 0.482. The highest BCUT2D eigenvalue weighted by atomic mass is 16.3. The Morgan fingerprint density at radius 1 is 1.50 bits per heavy atom. The second-order valence-corrected chi connectivity index (χ2v) is 3.90. The first-order valence-electron chi connectivity index (χ1n) is 5.12. The van der Waals surface area contributed by atoms with E-state index >= 15 is 0 Å². The van der Waals surface area contributed by atoms with Gasteiger partial charge in [-0.25, -0.2) is 0 Å². The van der Waals surface area contributed by atoms with Crippen LogP contribution in [0.25, 0.3) is 0 Å². The van der Waals surface area contributed by atoms with Gasteiger partial charge in [0.05, 0.1) is 5.60 Å². The van der Waals surface area contributed by atoms with E-state index in [1.54, 1.807) is 0 Å². The molecule has 1 heteroatoms. The molecule has 12 heavy (non-hydrogen) atoms. The molecule has 0 fully saturated rings. The Kier molecular flexibility index (Phi) is 3.33. The fourth-order valence-corrected chi connectivity index (χ4v) is 1.84. The monoisotopic (exact) mass is 168 g/mol. The number of hydrogen-bond donors (Lipinski definition) is 1. The van der Waals surface area contributed by atoms with Gasteiger partial charge in [0.1, 0.15) is 0 Å². The molecule has 0 spiro atoms. The van der Waals surface area contributed by atoms with Gasteiger partial charge in [0.15, 0.2) is 0 Å². The van der Waals surface area contributed by atoms with Crippen molar-refractivity contribution in [3.63, 3.8) is 0 Å². The van der Waals surface area contributed by atoms with Crippen molar-refractivity contribution in [1.82, 2.24) is 0 Å². The fraction of sp³-hybridized carbons (Fsp3) is 0.818. The normalized spacial score (nSPS) is 35.4. The van der Waals surface area contributed by atoms with Gasteiger partial charge >= 0.3 is 0 Å². The molecule has 0 radical (unpaired) electrons. The van der Waals surface area contributed by atoms with Crippen molar-refractivity contribution in [1.29, 1.82) is 0 Å². The average molecular weight is 168 g/mol. The zero-order valence-corrected chi connectivity index (χ0v) is 8.21. The molecule has 1 nitrogen and oxygen atoms in total. The Morgan fingerprint density at radius 3 is 2.67 bits per heavy atom. The molecule has 0 saturated carbocycles. The van der Waals surface area contributed by atoms with E-state index in [1.165, 1.54) is 12.8 Å². The number of rotatable bonds is 3. The number of allylic oxidation sites excluding steroid dienone is 1. The highest BCUT2D eigenvalue weighted by molar-refractivity contribution is 5.07. The molecule has 0 bridgehead atoms. The summed E-state index contributed by atoms with van der Waals surface area (Å²) in [7, 11) is 0. The van der Waals surface area contributed by atoms with Gasteiger partial charge in [-0.1, -0.05) is 32.4 Å². The largest absolute Gasteiger partial charge is 0.386 e. The van der Waals surface area contributed by atoms with Crippen molar-refractivity contribution in [2.75, 3.05) is 0 Å². The van der Waals surface area contributed by atoms with Gasteiger partial charge in [-0.2, -0.15) is 0 Å². The Labute approximate surface area is 75.5 Å². The Bertz CT molecular complexity index is 162. The van der Waals surface area contributed by atoms with E-state index in [2.05, 4.69) is 13.0 Å². The molecule has 0 aromatic heterocycles. The van der Waals surface area contributed by atoms with E-state index in [1.807, 2.05) is 13.0 Å². The Balaban J connectivity index is 2.47. The van der Waals surface area contributed by atoms with Crippen LogP contribution in [-0.4, -0.2) is 10.7 Å². The zero-order valence-electron chi connectivity index (χ0n) is 8.21. The van der Waals surface area contributed by atoms with Gasteiger partial charge in [0.2, 0.25) is 0 Å². The lowest BCUT2D eigenvalue weighted by molar-refractivity contribution is 0.0642. The molecule has 0 amide bonds. The van der Waals surface area contributed by atoms with E-state index in [0.29, 0.717) is 0 Å². The Hall–Kier alpha value is -0.300. The quantitative estimate of drug-likeness (QED) is 0.642. The first-order valence-corrected chi connectivity index (χ1v) is 5.12. The van der Waals surface area contributed by atoms with Crippen LogP contribution in [0.1, 0.15) is 46.0 Å². The van der Waals surface area contributed by atoms with Crippen LogP contribution in [0.15, 0.2) is 12.2 Å². The van der Waals surface area contributed by atoms with Crippen molar-refractivity contribution in [3.05, 3.63) is 12.2 Å². The lowest BCUT2D eigenvalue weighted by Crippen LogP contribution is -2.28. The molecular weight excluding hydrogens is 148 g/mol. The Morgan fingerprint density at radius 2 is 2.25 bits per heavy atom. The summed E-state index contributed by atoms with van der Waals surface area (Å²) in [4.78, 5) is 0. The minimum Gasteiger partial charge on any atom is -0.386 e. The molecule has 0 aromatic rings. The molecule has 2 atom stereocenters. The van der Waals surface area contributed by atoms with Gasteiger partial charge in [0, 0.05) is 0 Å². The minimum atomic E-state index is -0.482. The second kappa shape index (κ2) is 4.08. The van der Waals surface area contributed by atoms with Gasteiger partial charge in [-0.3, -0.25) is 0 Å². The summed E-state index contributed by atoms with van der Waals surface area (Å²) < 4.78 is 0. The number of hydrogen-bond acceptors (Lipinski definition) is 1. The van der Waals surface area contributed by atoms with Crippen molar-refractivity contribution in [2.24, 2.45) is 5.92 Å². The second-order valence-electron chi connectivity index (χ2n) is 3.90. The standard InChI is InChI=1S/C11H20O/c1-3-5-10-6-8-11(12,4-2)9-7-10/h6,8,10,12H,3-5,7,9H2,1-2H3. The molecule has 70 valence electrons. The molecule has 1 N–H and O–H groups in total. The average Bonchev–Trinajstić information content (AvgIpc) is 2.10. The molecule has 0 heterocycles.